The van der Waals surface area contributed by atoms with E-state index < -0.39 is 0 Å². The second-order valence-corrected chi connectivity index (χ2v) is 9.12. The average Bonchev–Trinajstić information content (AvgIpc) is 3.20. The number of rotatable bonds is 6. The fourth-order valence-electron chi connectivity index (χ4n) is 4.38. The third-order valence-corrected chi connectivity index (χ3v) is 6.44. The Labute approximate surface area is 197 Å². The van der Waals surface area contributed by atoms with E-state index in [0.29, 0.717) is 22.4 Å². The Morgan fingerprint density at radius 3 is 2.76 bits per heavy atom. The number of ether oxygens (including phenoxy) is 1. The molecule has 3 heterocycles. The van der Waals surface area contributed by atoms with Gasteiger partial charge in [0.05, 0.1) is 17.6 Å². The van der Waals surface area contributed by atoms with E-state index >= 15 is 0 Å². The molecule has 33 heavy (non-hydrogen) atoms. The molecule has 7 heteroatoms. The zero-order chi connectivity index (χ0) is 22.8. The fourth-order valence-corrected chi connectivity index (χ4v) is 4.54. The van der Waals surface area contributed by atoms with Crippen molar-refractivity contribution in [3.63, 3.8) is 0 Å². The third-order valence-electron chi connectivity index (χ3n) is 6.20. The minimum Gasteiger partial charge on any atom is -0.473 e. The summed E-state index contributed by atoms with van der Waals surface area (Å²) in [5.41, 5.74) is 4.84. The average molecular weight is 465 g/mol. The molecule has 0 spiro atoms. The van der Waals surface area contributed by atoms with Crippen LogP contribution in [0, 0.1) is 12.7 Å². The largest absolute Gasteiger partial charge is 0.473 e. The van der Waals surface area contributed by atoms with Crippen molar-refractivity contribution in [2.45, 2.75) is 38.8 Å². The summed E-state index contributed by atoms with van der Waals surface area (Å²) < 4.78 is 19.8. The Bertz CT molecular complexity index is 1270. The first-order chi connectivity index (χ1) is 16.0. The molecule has 1 saturated heterocycles. The molecular weight excluding hydrogens is 439 g/mol. The van der Waals surface area contributed by atoms with Gasteiger partial charge >= 0.3 is 0 Å². The van der Waals surface area contributed by atoms with Gasteiger partial charge in [-0.15, -0.1) is 0 Å². The van der Waals surface area contributed by atoms with Crippen LogP contribution in [-0.2, 0) is 13.2 Å². The smallest absolute Gasteiger partial charge is 0.213 e. The van der Waals surface area contributed by atoms with Crippen LogP contribution in [0.3, 0.4) is 0 Å². The number of benzene rings is 2. The summed E-state index contributed by atoms with van der Waals surface area (Å²) in [7, 11) is 0. The molecule has 0 aliphatic carbocycles. The lowest BCUT2D eigenvalue weighted by Gasteiger charge is -2.31. The summed E-state index contributed by atoms with van der Waals surface area (Å²) in [4.78, 5) is 15.3. The van der Waals surface area contributed by atoms with Gasteiger partial charge in [-0.25, -0.2) is 14.4 Å². The summed E-state index contributed by atoms with van der Waals surface area (Å²) in [5.74, 6) is 1.54. The molecule has 0 atom stereocenters. The molecular formula is C26H26ClFN4O. The number of fused-ring (bicyclic) bond motifs is 1. The van der Waals surface area contributed by atoms with Gasteiger partial charge in [-0.2, -0.15) is 0 Å². The third kappa shape index (κ3) is 5.18. The van der Waals surface area contributed by atoms with Crippen molar-refractivity contribution in [1.29, 1.82) is 0 Å². The summed E-state index contributed by atoms with van der Waals surface area (Å²) in [6.07, 6.45) is 2.06. The first kappa shape index (κ1) is 21.9. The number of nitrogens with one attached hydrogen (secondary N) is 1. The number of nitrogens with zero attached hydrogens (tertiary/aromatic N) is 3. The number of H-pyrrole nitrogens is 1. The number of imidazole rings is 1. The Morgan fingerprint density at radius 2 is 1.94 bits per heavy atom. The molecule has 0 saturated carbocycles. The number of aromatic nitrogens is 3. The predicted octanol–water partition coefficient (Wildman–Crippen LogP) is 6.02. The van der Waals surface area contributed by atoms with Crippen LogP contribution in [0.5, 0.6) is 5.88 Å². The van der Waals surface area contributed by atoms with E-state index in [4.69, 9.17) is 26.3 Å². The highest BCUT2D eigenvalue weighted by Gasteiger charge is 2.23. The summed E-state index contributed by atoms with van der Waals surface area (Å²) in [6, 6.07) is 16.7. The highest BCUT2D eigenvalue weighted by atomic mass is 35.5. The van der Waals surface area contributed by atoms with Gasteiger partial charge in [0.25, 0.3) is 0 Å². The second kappa shape index (κ2) is 9.49. The fraction of sp³-hybridized carbons (Fsp3) is 0.308. The second-order valence-electron chi connectivity index (χ2n) is 8.68. The molecule has 5 rings (SSSR count). The zero-order valence-corrected chi connectivity index (χ0v) is 19.3. The molecule has 0 radical (unpaired) electrons. The molecule has 2 aromatic heterocycles. The summed E-state index contributed by atoms with van der Waals surface area (Å²) in [6.45, 7) is 5.01. The summed E-state index contributed by atoms with van der Waals surface area (Å²) >= 11 is 5.82. The topological polar surface area (TPSA) is 54.0 Å². The number of aryl methyl sites for hydroxylation is 1. The van der Waals surface area contributed by atoms with E-state index in [-0.39, 0.29) is 12.4 Å². The highest BCUT2D eigenvalue weighted by Crippen LogP contribution is 2.29. The van der Waals surface area contributed by atoms with Gasteiger partial charge in [0.1, 0.15) is 18.2 Å². The van der Waals surface area contributed by atoms with Crippen molar-refractivity contribution in [3.8, 4) is 5.88 Å². The molecule has 1 aliphatic heterocycles. The van der Waals surface area contributed by atoms with Crippen molar-refractivity contribution in [2.24, 2.45) is 0 Å². The Hall–Kier alpha value is -2.96. The van der Waals surface area contributed by atoms with Gasteiger partial charge in [-0.3, -0.25) is 4.90 Å². The van der Waals surface area contributed by atoms with Gasteiger partial charge in [0.2, 0.25) is 5.88 Å². The van der Waals surface area contributed by atoms with Crippen molar-refractivity contribution in [1.82, 2.24) is 19.9 Å². The number of hydrogen-bond acceptors (Lipinski definition) is 4. The maximum Gasteiger partial charge on any atom is 0.213 e. The van der Waals surface area contributed by atoms with E-state index in [2.05, 4.69) is 41.1 Å². The molecule has 5 nitrogen and oxygen atoms in total. The lowest BCUT2D eigenvalue weighted by molar-refractivity contribution is 0.198. The summed E-state index contributed by atoms with van der Waals surface area (Å²) in [5, 5.41) is 0.373. The number of piperidine rings is 1. The van der Waals surface area contributed by atoms with Gasteiger partial charge in [-0.05, 0) is 68.8 Å². The quantitative estimate of drug-likeness (QED) is 0.379. The Morgan fingerprint density at radius 1 is 1.09 bits per heavy atom. The molecule has 1 N–H and O–H groups in total. The monoisotopic (exact) mass is 464 g/mol. The van der Waals surface area contributed by atoms with Gasteiger partial charge in [0, 0.05) is 28.3 Å². The van der Waals surface area contributed by atoms with Crippen molar-refractivity contribution in [2.75, 3.05) is 13.1 Å². The van der Waals surface area contributed by atoms with Crippen LogP contribution in [0.4, 0.5) is 4.39 Å². The molecule has 0 amide bonds. The van der Waals surface area contributed by atoms with Crippen LogP contribution >= 0.6 is 11.6 Å². The van der Waals surface area contributed by atoms with Crippen LogP contribution in [0.1, 0.15) is 41.4 Å². The molecule has 1 aliphatic rings. The molecule has 170 valence electrons. The molecule has 1 fully saturated rings. The van der Waals surface area contributed by atoms with E-state index in [1.807, 2.05) is 12.1 Å². The number of aromatic amines is 1. The van der Waals surface area contributed by atoms with Crippen LogP contribution in [0.15, 0.2) is 54.6 Å². The van der Waals surface area contributed by atoms with E-state index in [1.54, 1.807) is 12.1 Å². The Balaban J connectivity index is 1.17. The number of likely N-dealkylation sites (tertiary alicyclic amines) is 1. The first-order valence-corrected chi connectivity index (χ1v) is 11.6. The molecule has 0 unspecified atom stereocenters. The Kier molecular flexibility index (Phi) is 6.29. The lowest BCUT2D eigenvalue weighted by Crippen LogP contribution is -2.33. The van der Waals surface area contributed by atoms with E-state index in [0.717, 1.165) is 55.0 Å². The van der Waals surface area contributed by atoms with Gasteiger partial charge in [0.15, 0.2) is 0 Å². The molecule has 4 aromatic rings. The van der Waals surface area contributed by atoms with Crippen LogP contribution in [-0.4, -0.2) is 32.9 Å². The lowest BCUT2D eigenvalue weighted by atomic mass is 9.93. The minimum atomic E-state index is -0.370. The predicted molar refractivity (Wildman–Crippen MR) is 128 cm³/mol. The number of pyridine rings is 1. The van der Waals surface area contributed by atoms with Crippen molar-refractivity contribution >= 4 is 22.6 Å². The standard InChI is InChI=1S/C26H26ClFN4O/c1-17-5-8-23-24(13-17)30-25(29-23)15-32-11-9-18(10-12-32)22-3-2-4-26(31-22)33-16-19-6-7-20(27)14-21(19)28/h2-8,13-14,18H,9-12,15-16H2,1H3,(H,29,30). The van der Waals surface area contributed by atoms with Crippen molar-refractivity contribution < 1.29 is 9.13 Å². The zero-order valence-electron chi connectivity index (χ0n) is 18.5. The minimum absolute atomic E-state index is 0.120. The van der Waals surface area contributed by atoms with Crippen LogP contribution in [0.2, 0.25) is 5.02 Å². The van der Waals surface area contributed by atoms with E-state index in [9.17, 15) is 4.39 Å². The van der Waals surface area contributed by atoms with Gasteiger partial charge < -0.3 is 9.72 Å². The molecule has 2 aromatic carbocycles. The van der Waals surface area contributed by atoms with E-state index in [1.165, 1.54) is 11.6 Å². The number of halogens is 2. The van der Waals surface area contributed by atoms with Crippen LogP contribution in [0.25, 0.3) is 11.0 Å². The maximum atomic E-state index is 14.0. The molecule has 0 bridgehead atoms. The van der Waals surface area contributed by atoms with Crippen LogP contribution < -0.4 is 4.74 Å². The first-order valence-electron chi connectivity index (χ1n) is 11.2. The number of hydrogen-bond donors (Lipinski definition) is 1. The normalized spacial score (nSPS) is 15.2. The SMILES string of the molecule is Cc1ccc2nc(CN3CCC(c4cccc(OCc5ccc(Cl)cc5F)n4)CC3)[nH]c2c1. The van der Waals surface area contributed by atoms with Crippen molar-refractivity contribution in [3.05, 3.63) is 88.1 Å². The maximum absolute atomic E-state index is 14.0. The van der Waals surface area contributed by atoms with Gasteiger partial charge in [-0.1, -0.05) is 29.8 Å². The highest BCUT2D eigenvalue weighted by molar-refractivity contribution is 6.30.